The van der Waals surface area contributed by atoms with Gasteiger partial charge in [-0.3, -0.25) is 4.79 Å². The zero-order valence-corrected chi connectivity index (χ0v) is 40.5. The highest BCUT2D eigenvalue weighted by atomic mass is 16.3. The van der Waals surface area contributed by atoms with Gasteiger partial charge in [0.05, 0.1) is 18.8 Å². The quantitative estimate of drug-likeness (QED) is 0.0309. The van der Waals surface area contributed by atoms with Gasteiger partial charge in [0.25, 0.3) is 0 Å². The van der Waals surface area contributed by atoms with Gasteiger partial charge in [-0.25, -0.2) is 0 Å². The van der Waals surface area contributed by atoms with E-state index >= 15 is 0 Å². The Hall–Kier alpha value is -0.950. The molecule has 1 amide bonds. The van der Waals surface area contributed by atoms with Crippen molar-refractivity contribution in [1.29, 1.82) is 0 Å². The summed E-state index contributed by atoms with van der Waals surface area (Å²) >= 11 is 0. The number of rotatable bonds is 50. The number of carbonyl (C=O) groups excluding carboxylic acids is 1. The van der Waals surface area contributed by atoms with E-state index in [-0.39, 0.29) is 0 Å². The lowest BCUT2D eigenvalue weighted by Crippen LogP contribution is -2.53. The first-order valence-corrected chi connectivity index (χ1v) is 27.1. The average Bonchev–Trinajstić information content (AvgIpc) is 3.25. The van der Waals surface area contributed by atoms with Gasteiger partial charge in [-0.15, -0.1) is 0 Å². The molecule has 0 spiro atoms. The van der Waals surface area contributed by atoms with E-state index < -0.39 is 36.9 Å². The Bertz CT molecular complexity index is 867. The van der Waals surface area contributed by atoms with Gasteiger partial charge in [0, 0.05) is 0 Å². The zero-order chi connectivity index (χ0) is 43.8. The monoisotopic (exact) mass is 850 g/mol. The summed E-state index contributed by atoms with van der Waals surface area (Å²) in [5, 5.41) is 43.9. The van der Waals surface area contributed by atoms with E-state index in [4.69, 9.17) is 0 Å². The molecule has 6 nitrogen and oxygen atoms in total. The lowest BCUT2D eigenvalue weighted by Gasteiger charge is -2.27. The van der Waals surface area contributed by atoms with Gasteiger partial charge >= 0.3 is 0 Å². The summed E-state index contributed by atoms with van der Waals surface area (Å²) in [6.45, 7) is 4.07. The molecule has 0 aromatic heterocycles. The maximum absolute atomic E-state index is 12.5. The molecule has 0 heterocycles. The van der Waals surface area contributed by atoms with E-state index in [1.165, 1.54) is 231 Å². The lowest BCUT2D eigenvalue weighted by atomic mass is 10.00. The van der Waals surface area contributed by atoms with Crippen molar-refractivity contribution in [1.82, 2.24) is 5.32 Å². The molecule has 0 aliphatic rings. The average molecular weight is 850 g/mol. The summed E-state index contributed by atoms with van der Waals surface area (Å²) in [5.74, 6) is -0.588. The van der Waals surface area contributed by atoms with E-state index in [1.807, 2.05) is 0 Å². The molecule has 0 saturated heterocycles. The van der Waals surface area contributed by atoms with E-state index in [9.17, 15) is 25.2 Å². The highest BCUT2D eigenvalue weighted by Crippen LogP contribution is 2.18. The second kappa shape index (κ2) is 49.1. The van der Waals surface area contributed by atoms with Crippen LogP contribution in [0.25, 0.3) is 0 Å². The number of hydrogen-bond acceptors (Lipinski definition) is 5. The van der Waals surface area contributed by atoms with Crippen LogP contribution in [0, 0.1) is 0 Å². The number of aliphatic hydroxyl groups excluding tert-OH is 4. The molecular weight excluding hydrogens is 743 g/mol. The largest absolute Gasteiger partial charge is 0.394 e. The van der Waals surface area contributed by atoms with Crippen molar-refractivity contribution in [3.8, 4) is 0 Å². The van der Waals surface area contributed by atoms with Crippen LogP contribution in [0.3, 0.4) is 0 Å². The van der Waals surface area contributed by atoms with Crippen LogP contribution < -0.4 is 5.32 Å². The van der Waals surface area contributed by atoms with Gasteiger partial charge in [0.15, 0.2) is 0 Å². The van der Waals surface area contributed by atoms with E-state index in [0.29, 0.717) is 12.8 Å². The van der Waals surface area contributed by atoms with Crippen LogP contribution in [0.1, 0.15) is 296 Å². The Kier molecular flexibility index (Phi) is 48.3. The van der Waals surface area contributed by atoms with Crippen molar-refractivity contribution in [2.45, 2.75) is 321 Å². The molecule has 4 atom stereocenters. The first kappa shape index (κ1) is 59.0. The smallest absolute Gasteiger partial charge is 0.249 e. The van der Waals surface area contributed by atoms with Crippen LogP contribution in [0.2, 0.25) is 0 Å². The fourth-order valence-corrected chi connectivity index (χ4v) is 8.70. The molecule has 0 aliphatic carbocycles. The molecular formula is C54H107NO5. The minimum atomic E-state index is -1.28. The Morgan fingerprint density at radius 1 is 0.400 bits per heavy atom. The number of hydrogen-bond donors (Lipinski definition) is 5. The summed E-state index contributed by atoms with van der Waals surface area (Å²) in [6, 6.07) is -0.998. The van der Waals surface area contributed by atoms with E-state index in [1.54, 1.807) is 0 Å². The van der Waals surface area contributed by atoms with Crippen molar-refractivity contribution in [3.63, 3.8) is 0 Å². The van der Waals surface area contributed by atoms with Gasteiger partial charge in [-0.05, 0) is 38.5 Å². The lowest BCUT2D eigenvalue weighted by molar-refractivity contribution is -0.132. The molecule has 0 bridgehead atoms. The maximum Gasteiger partial charge on any atom is 0.249 e. The Morgan fingerprint density at radius 3 is 1.00 bits per heavy atom. The van der Waals surface area contributed by atoms with Gasteiger partial charge in [0.2, 0.25) is 5.91 Å². The molecule has 0 aliphatic heterocycles. The highest BCUT2D eigenvalue weighted by molar-refractivity contribution is 5.80. The Balaban J connectivity index is 3.62. The number of allylic oxidation sites excluding steroid dienone is 2. The Labute approximate surface area is 374 Å². The van der Waals surface area contributed by atoms with Crippen LogP contribution in [0.15, 0.2) is 12.2 Å². The molecule has 60 heavy (non-hydrogen) atoms. The van der Waals surface area contributed by atoms with Gasteiger partial charge in [-0.2, -0.15) is 0 Å². The fourth-order valence-electron chi connectivity index (χ4n) is 8.70. The molecule has 0 rings (SSSR count). The summed E-state index contributed by atoms with van der Waals surface area (Å²) in [6.07, 6.45) is 57.1. The van der Waals surface area contributed by atoms with Crippen LogP contribution in [0.5, 0.6) is 0 Å². The van der Waals surface area contributed by atoms with Gasteiger partial charge in [-0.1, -0.05) is 270 Å². The summed E-state index contributed by atoms with van der Waals surface area (Å²) in [5.41, 5.74) is 0. The molecule has 0 radical (unpaired) electrons. The third-order valence-electron chi connectivity index (χ3n) is 13.0. The molecule has 0 fully saturated rings. The van der Waals surface area contributed by atoms with Crippen LogP contribution >= 0.6 is 0 Å². The number of aliphatic hydroxyl groups is 4. The van der Waals surface area contributed by atoms with E-state index in [0.717, 1.165) is 38.5 Å². The predicted octanol–water partition coefficient (Wildman–Crippen LogP) is 15.3. The van der Waals surface area contributed by atoms with Crippen molar-refractivity contribution < 1.29 is 25.2 Å². The predicted molar refractivity (Wildman–Crippen MR) is 261 cm³/mol. The van der Waals surface area contributed by atoms with Crippen LogP contribution in [-0.2, 0) is 4.79 Å². The van der Waals surface area contributed by atoms with Crippen molar-refractivity contribution in [2.75, 3.05) is 6.61 Å². The molecule has 0 saturated carbocycles. The molecule has 4 unspecified atom stereocenters. The van der Waals surface area contributed by atoms with Crippen molar-refractivity contribution in [3.05, 3.63) is 12.2 Å². The van der Waals surface area contributed by atoms with Crippen LogP contribution in [0.4, 0.5) is 0 Å². The topological polar surface area (TPSA) is 110 Å². The standard InChI is InChI=1S/C54H107NO5/c1-3-5-7-9-11-13-15-17-19-21-22-23-24-25-26-27-28-29-30-31-32-34-35-37-39-41-43-45-47-51(57)53(59)50(49-56)55-54(60)52(58)48-46-44-42-40-38-36-33-20-18-16-14-12-10-8-6-4-2/h39,41,50-53,56-59H,3-38,40,42-49H2,1-2H3,(H,55,60)/b41-39+. The summed E-state index contributed by atoms with van der Waals surface area (Å²) < 4.78 is 0. The maximum atomic E-state index is 12.5. The molecule has 358 valence electrons. The highest BCUT2D eigenvalue weighted by Gasteiger charge is 2.28. The third kappa shape index (κ3) is 42.4. The number of amides is 1. The zero-order valence-electron chi connectivity index (χ0n) is 40.5. The van der Waals surface area contributed by atoms with Crippen molar-refractivity contribution in [2.24, 2.45) is 0 Å². The minimum absolute atomic E-state index is 0.368. The second-order valence-corrected chi connectivity index (χ2v) is 18.9. The number of nitrogens with one attached hydrogen (secondary N) is 1. The summed E-state index contributed by atoms with van der Waals surface area (Å²) in [4.78, 5) is 12.5. The molecule has 0 aromatic carbocycles. The Morgan fingerprint density at radius 2 is 0.683 bits per heavy atom. The molecule has 6 heteroatoms. The van der Waals surface area contributed by atoms with E-state index in [2.05, 4.69) is 31.3 Å². The number of unbranched alkanes of at least 4 members (excludes halogenated alkanes) is 39. The normalized spacial score (nSPS) is 13.9. The van der Waals surface area contributed by atoms with Crippen LogP contribution in [-0.4, -0.2) is 57.3 Å². The fraction of sp³-hybridized carbons (Fsp3) is 0.944. The SMILES string of the molecule is CCCCCCCCCCCCCCCCCCCCCCCCC/C=C/CCCC(O)C(O)C(CO)NC(=O)C(O)CCCCCCCCCCCCCCCCCC. The van der Waals surface area contributed by atoms with Crippen molar-refractivity contribution >= 4 is 5.91 Å². The number of carbonyl (C=O) groups is 1. The second-order valence-electron chi connectivity index (χ2n) is 18.9. The minimum Gasteiger partial charge on any atom is -0.394 e. The third-order valence-corrected chi connectivity index (χ3v) is 13.0. The van der Waals surface area contributed by atoms with Gasteiger partial charge < -0.3 is 25.7 Å². The summed E-state index contributed by atoms with van der Waals surface area (Å²) in [7, 11) is 0. The molecule has 0 aromatic rings. The molecule has 5 N–H and O–H groups in total. The first-order valence-electron chi connectivity index (χ1n) is 27.1. The van der Waals surface area contributed by atoms with Gasteiger partial charge in [0.1, 0.15) is 12.2 Å². The first-order chi connectivity index (χ1) is 29.5.